The first-order chi connectivity index (χ1) is 10.5. The third kappa shape index (κ3) is 2.64. The smallest absolute Gasteiger partial charge is 0.256 e. The highest BCUT2D eigenvalue weighted by atomic mass is 16.5. The maximum absolute atomic E-state index is 12.8. The van der Waals surface area contributed by atoms with Crippen molar-refractivity contribution in [2.75, 3.05) is 19.8 Å². The lowest BCUT2D eigenvalue weighted by molar-refractivity contribution is -0.0371. The predicted octanol–water partition coefficient (Wildman–Crippen LogP) is 2.90. The van der Waals surface area contributed by atoms with Gasteiger partial charge in [0.2, 0.25) is 0 Å². The van der Waals surface area contributed by atoms with Crippen LogP contribution in [0.15, 0.2) is 34.9 Å². The van der Waals surface area contributed by atoms with Gasteiger partial charge < -0.3 is 14.1 Å². The van der Waals surface area contributed by atoms with Gasteiger partial charge in [-0.1, -0.05) is 0 Å². The van der Waals surface area contributed by atoms with Crippen LogP contribution in [0.25, 0.3) is 11.5 Å². The molecule has 1 aliphatic rings. The SMILES string of the molecule is Cc1nc(-c2ccco2)ccc1C(=O)N1CCOCC1(C)C. The molecule has 5 heteroatoms. The molecule has 0 bridgehead atoms. The van der Waals surface area contributed by atoms with E-state index in [0.29, 0.717) is 36.8 Å². The molecule has 2 aromatic rings. The fourth-order valence-corrected chi connectivity index (χ4v) is 2.73. The minimum atomic E-state index is -0.304. The molecule has 1 aliphatic heterocycles. The van der Waals surface area contributed by atoms with Crippen LogP contribution < -0.4 is 0 Å². The zero-order chi connectivity index (χ0) is 15.7. The van der Waals surface area contributed by atoms with Crippen molar-refractivity contribution >= 4 is 5.91 Å². The Labute approximate surface area is 129 Å². The molecule has 3 heterocycles. The van der Waals surface area contributed by atoms with Crippen molar-refractivity contribution in [3.63, 3.8) is 0 Å². The summed E-state index contributed by atoms with van der Waals surface area (Å²) in [7, 11) is 0. The van der Waals surface area contributed by atoms with E-state index in [2.05, 4.69) is 4.98 Å². The molecular weight excluding hydrogens is 280 g/mol. The van der Waals surface area contributed by atoms with Gasteiger partial charge in [0.15, 0.2) is 5.76 Å². The molecule has 0 aliphatic carbocycles. The highest BCUT2D eigenvalue weighted by Crippen LogP contribution is 2.24. The number of pyridine rings is 1. The van der Waals surface area contributed by atoms with Gasteiger partial charge in [0.05, 0.1) is 36.3 Å². The van der Waals surface area contributed by atoms with Crippen molar-refractivity contribution in [2.24, 2.45) is 0 Å². The maximum Gasteiger partial charge on any atom is 0.256 e. The lowest BCUT2D eigenvalue weighted by atomic mass is 10.0. The van der Waals surface area contributed by atoms with Crippen LogP contribution in [0.4, 0.5) is 0 Å². The van der Waals surface area contributed by atoms with Crippen LogP contribution in [-0.4, -0.2) is 41.1 Å². The molecule has 3 rings (SSSR count). The summed E-state index contributed by atoms with van der Waals surface area (Å²) in [5.41, 5.74) is 1.77. The highest BCUT2D eigenvalue weighted by molar-refractivity contribution is 5.96. The van der Waals surface area contributed by atoms with Crippen LogP contribution >= 0.6 is 0 Å². The first kappa shape index (κ1) is 14.8. The molecule has 0 N–H and O–H groups in total. The van der Waals surface area contributed by atoms with E-state index in [-0.39, 0.29) is 11.4 Å². The normalized spacial score (nSPS) is 17.5. The van der Waals surface area contributed by atoms with Gasteiger partial charge in [-0.25, -0.2) is 4.98 Å². The van der Waals surface area contributed by atoms with E-state index < -0.39 is 0 Å². The van der Waals surface area contributed by atoms with Crippen LogP contribution in [0, 0.1) is 6.92 Å². The Morgan fingerprint density at radius 1 is 1.32 bits per heavy atom. The zero-order valence-corrected chi connectivity index (χ0v) is 13.1. The number of aromatic nitrogens is 1. The first-order valence-electron chi connectivity index (χ1n) is 7.40. The number of hydrogen-bond donors (Lipinski definition) is 0. The van der Waals surface area contributed by atoms with Gasteiger partial charge in [0.1, 0.15) is 5.69 Å². The standard InChI is InChI=1S/C17H20N2O3/c1-12-13(6-7-14(18-12)15-5-4-9-22-15)16(20)19-8-10-21-11-17(19,2)3/h4-7,9H,8,10-11H2,1-3H3. The Hall–Kier alpha value is -2.14. The van der Waals surface area contributed by atoms with E-state index in [1.54, 1.807) is 6.26 Å². The van der Waals surface area contributed by atoms with Crippen molar-refractivity contribution in [1.29, 1.82) is 0 Å². The molecular formula is C17H20N2O3. The molecule has 2 aromatic heterocycles. The van der Waals surface area contributed by atoms with E-state index in [9.17, 15) is 4.79 Å². The summed E-state index contributed by atoms with van der Waals surface area (Å²) in [6, 6.07) is 7.33. The Kier molecular flexibility index (Phi) is 3.74. The molecule has 1 saturated heterocycles. The molecule has 22 heavy (non-hydrogen) atoms. The second-order valence-electron chi connectivity index (χ2n) is 6.13. The fraction of sp³-hybridized carbons (Fsp3) is 0.412. The summed E-state index contributed by atoms with van der Waals surface area (Å²) >= 11 is 0. The molecule has 1 fully saturated rings. The average molecular weight is 300 g/mol. The fourth-order valence-electron chi connectivity index (χ4n) is 2.73. The topological polar surface area (TPSA) is 55.6 Å². The molecule has 1 amide bonds. The van der Waals surface area contributed by atoms with E-state index in [1.165, 1.54) is 0 Å². The van der Waals surface area contributed by atoms with Crippen molar-refractivity contribution < 1.29 is 13.9 Å². The number of furan rings is 1. The number of rotatable bonds is 2. The van der Waals surface area contributed by atoms with Crippen LogP contribution in [-0.2, 0) is 4.74 Å². The molecule has 116 valence electrons. The molecule has 0 saturated carbocycles. The lowest BCUT2D eigenvalue weighted by Crippen LogP contribution is -2.55. The van der Waals surface area contributed by atoms with Crippen molar-refractivity contribution in [3.8, 4) is 11.5 Å². The van der Waals surface area contributed by atoms with Gasteiger partial charge in [-0.05, 0) is 45.0 Å². The van der Waals surface area contributed by atoms with Gasteiger partial charge in [-0.15, -0.1) is 0 Å². The minimum absolute atomic E-state index is 0.00398. The van der Waals surface area contributed by atoms with Crippen LogP contribution in [0.1, 0.15) is 29.9 Å². The number of ether oxygens (including phenoxy) is 1. The van der Waals surface area contributed by atoms with Gasteiger partial charge >= 0.3 is 0 Å². The van der Waals surface area contributed by atoms with Gasteiger partial charge in [0.25, 0.3) is 5.91 Å². The van der Waals surface area contributed by atoms with E-state index in [0.717, 1.165) is 5.69 Å². The minimum Gasteiger partial charge on any atom is -0.463 e. The number of amides is 1. The monoisotopic (exact) mass is 300 g/mol. The summed E-state index contributed by atoms with van der Waals surface area (Å²) < 4.78 is 10.8. The van der Waals surface area contributed by atoms with Gasteiger partial charge in [0, 0.05) is 6.54 Å². The summed E-state index contributed by atoms with van der Waals surface area (Å²) in [6.45, 7) is 7.62. The summed E-state index contributed by atoms with van der Waals surface area (Å²) in [4.78, 5) is 19.2. The molecule has 0 atom stereocenters. The molecule has 5 nitrogen and oxygen atoms in total. The molecule has 0 radical (unpaired) electrons. The van der Waals surface area contributed by atoms with Gasteiger partial charge in [-0.2, -0.15) is 0 Å². The van der Waals surface area contributed by atoms with Crippen LogP contribution in [0.2, 0.25) is 0 Å². The Morgan fingerprint density at radius 3 is 2.77 bits per heavy atom. The predicted molar refractivity (Wildman–Crippen MR) is 82.6 cm³/mol. The third-order valence-electron chi connectivity index (χ3n) is 3.98. The maximum atomic E-state index is 12.8. The summed E-state index contributed by atoms with van der Waals surface area (Å²) in [5.74, 6) is 0.707. The second kappa shape index (κ2) is 5.57. The second-order valence-corrected chi connectivity index (χ2v) is 6.13. The van der Waals surface area contributed by atoms with Crippen LogP contribution in [0.3, 0.4) is 0 Å². The van der Waals surface area contributed by atoms with Gasteiger partial charge in [-0.3, -0.25) is 4.79 Å². The number of hydrogen-bond acceptors (Lipinski definition) is 4. The Bertz CT molecular complexity index is 677. The number of carbonyl (C=O) groups is 1. The number of nitrogens with zero attached hydrogens (tertiary/aromatic N) is 2. The average Bonchev–Trinajstić information content (AvgIpc) is 3.00. The highest BCUT2D eigenvalue weighted by Gasteiger charge is 2.35. The van der Waals surface area contributed by atoms with Crippen molar-refractivity contribution in [2.45, 2.75) is 26.3 Å². The molecule has 0 aromatic carbocycles. The Balaban J connectivity index is 1.90. The van der Waals surface area contributed by atoms with Crippen molar-refractivity contribution in [3.05, 3.63) is 41.8 Å². The zero-order valence-electron chi connectivity index (χ0n) is 13.1. The van der Waals surface area contributed by atoms with Crippen LogP contribution in [0.5, 0.6) is 0 Å². The molecule has 0 spiro atoms. The first-order valence-corrected chi connectivity index (χ1v) is 7.40. The van der Waals surface area contributed by atoms with E-state index in [1.807, 2.05) is 49.9 Å². The summed E-state index contributed by atoms with van der Waals surface area (Å²) in [5, 5.41) is 0. The summed E-state index contributed by atoms with van der Waals surface area (Å²) in [6.07, 6.45) is 1.61. The number of aryl methyl sites for hydroxylation is 1. The van der Waals surface area contributed by atoms with Crippen molar-refractivity contribution in [1.82, 2.24) is 9.88 Å². The Morgan fingerprint density at radius 2 is 2.14 bits per heavy atom. The number of carbonyl (C=O) groups excluding carboxylic acids is 1. The molecule has 0 unspecified atom stereocenters. The quantitative estimate of drug-likeness (QED) is 0.855. The van der Waals surface area contributed by atoms with E-state index in [4.69, 9.17) is 9.15 Å². The number of morpholine rings is 1. The third-order valence-corrected chi connectivity index (χ3v) is 3.98. The van der Waals surface area contributed by atoms with E-state index >= 15 is 0 Å². The largest absolute Gasteiger partial charge is 0.463 e. The lowest BCUT2D eigenvalue weighted by Gasteiger charge is -2.42.